The van der Waals surface area contributed by atoms with Crippen molar-refractivity contribution in [1.29, 1.82) is 0 Å². The number of hydrogen-bond donors (Lipinski definition) is 1. The largest absolute Gasteiger partial charge is 0.324 e. The first kappa shape index (κ1) is 11.8. The number of benzene rings is 1. The lowest BCUT2D eigenvalue weighted by Crippen LogP contribution is -2.26. The van der Waals surface area contributed by atoms with E-state index in [1.165, 1.54) is 0 Å². The highest BCUT2D eigenvalue weighted by Crippen LogP contribution is 2.33. The summed E-state index contributed by atoms with van der Waals surface area (Å²) >= 11 is 11.8. The van der Waals surface area contributed by atoms with Crippen molar-refractivity contribution in [1.82, 2.24) is 0 Å². The Hall–Kier alpha value is -0.240. The van der Waals surface area contributed by atoms with Crippen molar-refractivity contribution in [3.05, 3.63) is 33.8 Å². The van der Waals surface area contributed by atoms with E-state index >= 15 is 0 Å². The van der Waals surface area contributed by atoms with Crippen LogP contribution in [0.5, 0.6) is 0 Å². The Bertz CT molecular complexity index is 308. The summed E-state index contributed by atoms with van der Waals surface area (Å²) in [5.41, 5.74) is 7.08. The SMILES string of the molecule is CC(C)(C)[C@H](N)c1cc(Cl)cc(Cl)c1. The molecule has 1 atom stereocenters. The van der Waals surface area contributed by atoms with Crippen molar-refractivity contribution < 1.29 is 0 Å². The van der Waals surface area contributed by atoms with Gasteiger partial charge in [0.25, 0.3) is 0 Å². The van der Waals surface area contributed by atoms with E-state index in [-0.39, 0.29) is 11.5 Å². The molecule has 1 aromatic rings. The molecule has 2 N–H and O–H groups in total. The zero-order valence-electron chi connectivity index (χ0n) is 8.64. The molecule has 0 saturated carbocycles. The van der Waals surface area contributed by atoms with Crippen molar-refractivity contribution in [3.8, 4) is 0 Å². The quantitative estimate of drug-likeness (QED) is 0.776. The van der Waals surface area contributed by atoms with E-state index in [2.05, 4.69) is 20.8 Å². The second kappa shape index (κ2) is 4.09. The minimum Gasteiger partial charge on any atom is -0.324 e. The Morgan fingerprint density at radius 3 is 1.86 bits per heavy atom. The molecule has 0 aliphatic carbocycles. The minimum absolute atomic E-state index is 0.00795. The van der Waals surface area contributed by atoms with E-state index in [0.29, 0.717) is 10.0 Å². The third-order valence-electron chi connectivity index (χ3n) is 2.18. The summed E-state index contributed by atoms with van der Waals surface area (Å²) in [4.78, 5) is 0. The van der Waals surface area contributed by atoms with Crippen LogP contribution >= 0.6 is 23.2 Å². The van der Waals surface area contributed by atoms with Gasteiger partial charge in [0.05, 0.1) is 0 Å². The summed E-state index contributed by atoms with van der Waals surface area (Å²) in [6.45, 7) is 6.27. The summed E-state index contributed by atoms with van der Waals surface area (Å²) in [5.74, 6) is 0. The first-order chi connectivity index (χ1) is 6.30. The summed E-state index contributed by atoms with van der Waals surface area (Å²) in [6.07, 6.45) is 0. The van der Waals surface area contributed by atoms with Gasteiger partial charge in [-0.25, -0.2) is 0 Å². The second-order valence-electron chi connectivity index (χ2n) is 4.55. The molecule has 1 nitrogen and oxygen atoms in total. The first-order valence-electron chi connectivity index (χ1n) is 4.52. The molecule has 0 unspecified atom stereocenters. The van der Waals surface area contributed by atoms with Crippen molar-refractivity contribution in [3.63, 3.8) is 0 Å². The number of hydrogen-bond acceptors (Lipinski definition) is 1. The van der Waals surface area contributed by atoms with Crippen LogP contribution < -0.4 is 5.73 Å². The Morgan fingerprint density at radius 2 is 1.50 bits per heavy atom. The maximum Gasteiger partial charge on any atom is 0.0424 e. The minimum atomic E-state index is -0.0568. The average Bonchev–Trinajstić information content (AvgIpc) is 1.99. The predicted octanol–water partition coefficient (Wildman–Crippen LogP) is 4.04. The van der Waals surface area contributed by atoms with Crippen LogP contribution in [0.3, 0.4) is 0 Å². The van der Waals surface area contributed by atoms with Gasteiger partial charge in [-0.05, 0) is 29.2 Å². The lowest BCUT2D eigenvalue weighted by molar-refractivity contribution is 0.327. The molecule has 1 aromatic carbocycles. The molecule has 0 aliphatic rings. The Kier molecular flexibility index (Phi) is 3.46. The van der Waals surface area contributed by atoms with Gasteiger partial charge < -0.3 is 5.73 Å². The van der Waals surface area contributed by atoms with Crippen LogP contribution in [0.15, 0.2) is 18.2 Å². The van der Waals surface area contributed by atoms with E-state index < -0.39 is 0 Å². The van der Waals surface area contributed by atoms with Crippen LogP contribution in [0.25, 0.3) is 0 Å². The fourth-order valence-corrected chi connectivity index (χ4v) is 1.80. The molecule has 0 saturated heterocycles. The number of nitrogens with two attached hydrogens (primary N) is 1. The first-order valence-corrected chi connectivity index (χ1v) is 5.28. The molecule has 0 amide bonds. The topological polar surface area (TPSA) is 26.0 Å². The van der Waals surface area contributed by atoms with E-state index in [9.17, 15) is 0 Å². The molecule has 1 rings (SSSR count). The molecule has 14 heavy (non-hydrogen) atoms. The van der Waals surface area contributed by atoms with Gasteiger partial charge in [0.1, 0.15) is 0 Å². The molecule has 3 heteroatoms. The van der Waals surface area contributed by atoms with Crippen molar-refractivity contribution in [2.24, 2.45) is 11.1 Å². The van der Waals surface area contributed by atoms with E-state index in [4.69, 9.17) is 28.9 Å². The zero-order valence-corrected chi connectivity index (χ0v) is 10.2. The second-order valence-corrected chi connectivity index (χ2v) is 5.42. The molecule has 0 bridgehead atoms. The van der Waals surface area contributed by atoms with Gasteiger partial charge >= 0.3 is 0 Å². The smallest absolute Gasteiger partial charge is 0.0424 e. The fourth-order valence-electron chi connectivity index (χ4n) is 1.25. The lowest BCUT2D eigenvalue weighted by Gasteiger charge is -2.27. The van der Waals surface area contributed by atoms with Gasteiger partial charge in [0, 0.05) is 16.1 Å². The Morgan fingerprint density at radius 1 is 1.07 bits per heavy atom. The number of halogens is 2. The van der Waals surface area contributed by atoms with Crippen molar-refractivity contribution in [2.75, 3.05) is 0 Å². The monoisotopic (exact) mass is 231 g/mol. The highest BCUT2D eigenvalue weighted by Gasteiger charge is 2.22. The third kappa shape index (κ3) is 2.88. The predicted molar refractivity (Wildman–Crippen MR) is 62.8 cm³/mol. The maximum atomic E-state index is 6.09. The molecule has 0 aromatic heterocycles. The van der Waals surface area contributed by atoms with E-state index in [1.807, 2.05) is 12.1 Å². The number of rotatable bonds is 1. The molecule has 0 aliphatic heterocycles. The van der Waals surface area contributed by atoms with Crippen LogP contribution in [0.2, 0.25) is 10.0 Å². The summed E-state index contributed by atoms with van der Waals surface area (Å²) in [5, 5.41) is 1.26. The average molecular weight is 232 g/mol. The summed E-state index contributed by atoms with van der Waals surface area (Å²) in [6, 6.07) is 5.38. The van der Waals surface area contributed by atoms with Gasteiger partial charge in [-0.2, -0.15) is 0 Å². The summed E-state index contributed by atoms with van der Waals surface area (Å²) < 4.78 is 0. The molecular formula is C11H15Cl2N. The van der Waals surface area contributed by atoms with Gasteiger partial charge in [0.2, 0.25) is 0 Å². The van der Waals surface area contributed by atoms with Crippen LogP contribution in [-0.4, -0.2) is 0 Å². The molecule has 0 spiro atoms. The van der Waals surface area contributed by atoms with Crippen LogP contribution in [-0.2, 0) is 0 Å². The standard InChI is InChI=1S/C11H15Cl2N/c1-11(2,3)10(14)7-4-8(12)6-9(13)5-7/h4-6,10H,14H2,1-3H3/t10-/m1/s1. The van der Waals surface area contributed by atoms with Gasteiger partial charge in [-0.15, -0.1) is 0 Å². The van der Waals surface area contributed by atoms with Crippen molar-refractivity contribution in [2.45, 2.75) is 26.8 Å². The maximum absolute atomic E-state index is 6.09. The molecule has 0 fully saturated rings. The van der Waals surface area contributed by atoms with Crippen molar-refractivity contribution >= 4 is 23.2 Å². The van der Waals surface area contributed by atoms with E-state index in [1.54, 1.807) is 6.07 Å². The van der Waals surface area contributed by atoms with Gasteiger partial charge in [0.15, 0.2) is 0 Å². The van der Waals surface area contributed by atoms with Gasteiger partial charge in [-0.1, -0.05) is 44.0 Å². The molecule has 78 valence electrons. The molecule has 0 radical (unpaired) electrons. The Labute approximate surface area is 95.2 Å². The highest BCUT2D eigenvalue weighted by atomic mass is 35.5. The Balaban J connectivity index is 3.07. The summed E-state index contributed by atoms with van der Waals surface area (Å²) in [7, 11) is 0. The zero-order chi connectivity index (χ0) is 10.9. The lowest BCUT2D eigenvalue weighted by atomic mass is 9.83. The van der Waals surface area contributed by atoms with Crippen LogP contribution in [0.4, 0.5) is 0 Å². The van der Waals surface area contributed by atoms with E-state index in [0.717, 1.165) is 5.56 Å². The van der Waals surface area contributed by atoms with Gasteiger partial charge in [-0.3, -0.25) is 0 Å². The van der Waals surface area contributed by atoms with Crippen LogP contribution in [0.1, 0.15) is 32.4 Å². The molecular weight excluding hydrogens is 217 g/mol. The third-order valence-corrected chi connectivity index (χ3v) is 2.61. The normalized spacial score (nSPS) is 14.1. The highest BCUT2D eigenvalue weighted by molar-refractivity contribution is 6.34. The molecule has 0 heterocycles. The fraction of sp³-hybridized carbons (Fsp3) is 0.455. The van der Waals surface area contributed by atoms with Crippen LogP contribution in [0, 0.1) is 5.41 Å².